The van der Waals surface area contributed by atoms with E-state index in [0.717, 1.165) is 16.7 Å². The standard InChI is InChI=1S/C25H28N4O2/c1-2-26-24(31)25(13-16-29(17-14-25)23(30)22-12-15-27-28-22)18-20-10-6-7-11-21(20)19-8-4-3-5-9-19/h3-12,15H,2,13-14,16-18H2,1H3,(H,26,31)(H,27,28). The van der Waals surface area contributed by atoms with E-state index in [4.69, 9.17) is 0 Å². The molecule has 1 aliphatic rings. The van der Waals surface area contributed by atoms with Gasteiger partial charge in [0.1, 0.15) is 5.69 Å². The molecule has 2 aromatic carbocycles. The summed E-state index contributed by atoms with van der Waals surface area (Å²) < 4.78 is 0. The molecule has 6 heteroatoms. The highest BCUT2D eigenvalue weighted by Crippen LogP contribution is 2.38. The molecule has 0 saturated carbocycles. The molecule has 1 saturated heterocycles. The number of aromatic amines is 1. The van der Waals surface area contributed by atoms with Gasteiger partial charge in [-0.3, -0.25) is 14.7 Å². The van der Waals surface area contributed by atoms with Crippen LogP contribution in [0, 0.1) is 5.41 Å². The normalized spacial score (nSPS) is 15.5. The molecular weight excluding hydrogens is 388 g/mol. The van der Waals surface area contributed by atoms with E-state index in [1.54, 1.807) is 12.3 Å². The highest BCUT2D eigenvalue weighted by Gasteiger charge is 2.42. The molecule has 4 rings (SSSR count). The SMILES string of the molecule is CCNC(=O)C1(Cc2ccccc2-c2ccccc2)CCN(C(=O)c2ccn[nH]2)CC1. The van der Waals surface area contributed by atoms with Gasteiger partial charge in [0.2, 0.25) is 5.91 Å². The number of nitrogens with one attached hydrogen (secondary N) is 2. The summed E-state index contributed by atoms with van der Waals surface area (Å²) in [6.45, 7) is 3.63. The molecule has 160 valence electrons. The van der Waals surface area contributed by atoms with Crippen molar-refractivity contribution in [2.45, 2.75) is 26.2 Å². The lowest BCUT2D eigenvalue weighted by Crippen LogP contribution is -2.51. The molecular formula is C25H28N4O2. The summed E-state index contributed by atoms with van der Waals surface area (Å²) in [7, 11) is 0. The van der Waals surface area contributed by atoms with Crippen molar-refractivity contribution < 1.29 is 9.59 Å². The predicted molar refractivity (Wildman–Crippen MR) is 120 cm³/mol. The van der Waals surface area contributed by atoms with E-state index in [2.05, 4.69) is 39.8 Å². The largest absolute Gasteiger partial charge is 0.356 e. The fourth-order valence-corrected chi connectivity index (χ4v) is 4.45. The summed E-state index contributed by atoms with van der Waals surface area (Å²) in [6.07, 6.45) is 3.48. The summed E-state index contributed by atoms with van der Waals surface area (Å²) in [5, 5.41) is 9.67. The van der Waals surface area contributed by atoms with Crippen LogP contribution in [0.25, 0.3) is 11.1 Å². The highest BCUT2D eigenvalue weighted by molar-refractivity contribution is 5.92. The molecule has 6 nitrogen and oxygen atoms in total. The van der Waals surface area contributed by atoms with Gasteiger partial charge >= 0.3 is 0 Å². The maximum Gasteiger partial charge on any atom is 0.271 e. The van der Waals surface area contributed by atoms with Crippen LogP contribution in [0.5, 0.6) is 0 Å². The monoisotopic (exact) mass is 416 g/mol. The number of carbonyl (C=O) groups is 2. The van der Waals surface area contributed by atoms with Crippen LogP contribution >= 0.6 is 0 Å². The minimum atomic E-state index is -0.536. The number of amides is 2. The first-order valence-electron chi connectivity index (χ1n) is 10.8. The van der Waals surface area contributed by atoms with Crippen molar-refractivity contribution in [1.29, 1.82) is 0 Å². The van der Waals surface area contributed by atoms with E-state index in [-0.39, 0.29) is 11.8 Å². The van der Waals surface area contributed by atoms with Crippen molar-refractivity contribution in [2.24, 2.45) is 5.41 Å². The van der Waals surface area contributed by atoms with Crippen LogP contribution in [0.15, 0.2) is 66.9 Å². The van der Waals surface area contributed by atoms with Crippen molar-refractivity contribution in [3.8, 4) is 11.1 Å². The van der Waals surface area contributed by atoms with Crippen LogP contribution in [-0.2, 0) is 11.2 Å². The van der Waals surface area contributed by atoms with Crippen LogP contribution in [0.3, 0.4) is 0 Å². The van der Waals surface area contributed by atoms with E-state index >= 15 is 0 Å². The van der Waals surface area contributed by atoms with E-state index in [1.807, 2.05) is 42.2 Å². The van der Waals surface area contributed by atoms with Gasteiger partial charge in [0.05, 0.1) is 5.41 Å². The average molecular weight is 417 g/mol. The quantitative estimate of drug-likeness (QED) is 0.643. The van der Waals surface area contributed by atoms with E-state index in [9.17, 15) is 9.59 Å². The molecule has 3 aromatic rings. The van der Waals surface area contributed by atoms with Gasteiger partial charge in [-0.2, -0.15) is 5.10 Å². The molecule has 31 heavy (non-hydrogen) atoms. The summed E-state index contributed by atoms with van der Waals surface area (Å²) in [4.78, 5) is 27.8. The van der Waals surface area contributed by atoms with Gasteiger partial charge in [-0.05, 0) is 48.9 Å². The number of piperidine rings is 1. The number of likely N-dealkylation sites (tertiary alicyclic amines) is 1. The first kappa shape index (κ1) is 20.8. The Balaban J connectivity index is 1.59. The Hall–Kier alpha value is -3.41. The lowest BCUT2D eigenvalue weighted by Gasteiger charge is -2.41. The van der Waals surface area contributed by atoms with Gasteiger partial charge in [0.15, 0.2) is 0 Å². The average Bonchev–Trinajstić information content (AvgIpc) is 3.35. The number of hydrogen-bond donors (Lipinski definition) is 2. The van der Waals surface area contributed by atoms with Gasteiger partial charge in [0.25, 0.3) is 5.91 Å². The molecule has 2 N–H and O–H groups in total. The van der Waals surface area contributed by atoms with Crippen LogP contribution in [0.1, 0.15) is 35.8 Å². The third kappa shape index (κ3) is 4.38. The lowest BCUT2D eigenvalue weighted by atomic mass is 9.72. The van der Waals surface area contributed by atoms with Crippen LogP contribution in [0.4, 0.5) is 0 Å². The number of rotatable bonds is 6. The number of hydrogen-bond acceptors (Lipinski definition) is 3. The van der Waals surface area contributed by atoms with Gasteiger partial charge in [-0.1, -0.05) is 54.6 Å². The maximum atomic E-state index is 13.2. The second-order valence-electron chi connectivity index (χ2n) is 8.10. The molecule has 2 amide bonds. The van der Waals surface area contributed by atoms with Gasteiger partial charge in [-0.25, -0.2) is 0 Å². The zero-order valence-electron chi connectivity index (χ0n) is 17.8. The Kier molecular flexibility index (Phi) is 6.16. The smallest absolute Gasteiger partial charge is 0.271 e. The third-order valence-electron chi connectivity index (χ3n) is 6.19. The van der Waals surface area contributed by atoms with E-state index in [1.165, 1.54) is 0 Å². The van der Waals surface area contributed by atoms with Crippen molar-refractivity contribution in [3.63, 3.8) is 0 Å². The number of carbonyl (C=O) groups excluding carboxylic acids is 2. The first-order chi connectivity index (χ1) is 15.1. The van der Waals surface area contributed by atoms with Crippen molar-refractivity contribution in [3.05, 3.63) is 78.1 Å². The third-order valence-corrected chi connectivity index (χ3v) is 6.19. The zero-order chi connectivity index (χ0) is 21.7. The van der Waals surface area contributed by atoms with Gasteiger partial charge < -0.3 is 10.2 Å². The second kappa shape index (κ2) is 9.16. The molecule has 2 heterocycles. The molecule has 0 unspecified atom stereocenters. The Morgan fingerprint density at radius 3 is 2.42 bits per heavy atom. The first-order valence-corrected chi connectivity index (χ1v) is 10.8. The Labute approximate surface area is 182 Å². The minimum Gasteiger partial charge on any atom is -0.356 e. The molecule has 0 aliphatic carbocycles. The summed E-state index contributed by atoms with van der Waals surface area (Å²) in [5.74, 6) is 0.0122. The molecule has 1 aromatic heterocycles. The van der Waals surface area contributed by atoms with E-state index < -0.39 is 5.41 Å². The Morgan fingerprint density at radius 2 is 1.74 bits per heavy atom. The highest BCUT2D eigenvalue weighted by atomic mass is 16.2. The topological polar surface area (TPSA) is 78.1 Å². The minimum absolute atomic E-state index is 0.0633. The summed E-state index contributed by atoms with van der Waals surface area (Å²) in [6, 6.07) is 20.3. The zero-order valence-corrected chi connectivity index (χ0v) is 17.8. The van der Waals surface area contributed by atoms with Crippen LogP contribution in [-0.4, -0.2) is 46.5 Å². The molecule has 0 bridgehead atoms. The van der Waals surface area contributed by atoms with Gasteiger partial charge in [-0.15, -0.1) is 0 Å². The number of nitrogens with zero attached hydrogens (tertiary/aromatic N) is 2. The van der Waals surface area contributed by atoms with Crippen molar-refractivity contribution in [1.82, 2.24) is 20.4 Å². The fraction of sp³-hybridized carbons (Fsp3) is 0.320. The van der Waals surface area contributed by atoms with Gasteiger partial charge in [0, 0.05) is 25.8 Å². The van der Waals surface area contributed by atoms with Crippen LogP contribution < -0.4 is 5.32 Å². The lowest BCUT2D eigenvalue weighted by molar-refractivity contribution is -0.133. The van der Waals surface area contributed by atoms with Crippen LogP contribution in [0.2, 0.25) is 0 Å². The number of aromatic nitrogens is 2. The fourth-order valence-electron chi connectivity index (χ4n) is 4.45. The van der Waals surface area contributed by atoms with Crippen molar-refractivity contribution in [2.75, 3.05) is 19.6 Å². The number of benzene rings is 2. The molecule has 0 spiro atoms. The number of H-pyrrole nitrogens is 1. The van der Waals surface area contributed by atoms with E-state index in [0.29, 0.717) is 44.6 Å². The maximum absolute atomic E-state index is 13.2. The summed E-state index contributed by atoms with van der Waals surface area (Å²) >= 11 is 0. The Morgan fingerprint density at radius 1 is 1.03 bits per heavy atom. The predicted octanol–water partition coefficient (Wildman–Crippen LogP) is 3.68. The second-order valence-corrected chi connectivity index (χ2v) is 8.10. The Bertz CT molecular complexity index is 1020. The summed E-state index contributed by atoms with van der Waals surface area (Å²) in [5.41, 5.74) is 3.41. The molecule has 1 aliphatic heterocycles. The molecule has 1 fully saturated rings. The molecule has 0 radical (unpaired) electrons. The van der Waals surface area contributed by atoms with Crippen molar-refractivity contribution >= 4 is 11.8 Å². The molecule has 0 atom stereocenters.